The lowest BCUT2D eigenvalue weighted by Gasteiger charge is -1.99. The third-order valence-corrected chi connectivity index (χ3v) is 2.34. The first-order valence-corrected chi connectivity index (χ1v) is 4.34. The van der Waals surface area contributed by atoms with Crippen LogP contribution in [0, 0.1) is 13.7 Å². The Hall–Kier alpha value is -0.850. The van der Waals surface area contributed by atoms with Crippen LogP contribution in [0.3, 0.4) is 0 Å². The standard InChI is InChI=1S/C7H7IN2O2/c1-9-5-2-3-6(8)7(4-5)10(11)12/h2-4,9H,1H3. The van der Waals surface area contributed by atoms with Gasteiger partial charge in [0.2, 0.25) is 0 Å². The Morgan fingerprint density at radius 2 is 2.25 bits per heavy atom. The molecule has 12 heavy (non-hydrogen) atoms. The molecule has 0 unspecified atom stereocenters. The van der Waals surface area contributed by atoms with E-state index in [1.54, 1.807) is 19.2 Å². The van der Waals surface area contributed by atoms with Crippen molar-refractivity contribution in [3.63, 3.8) is 0 Å². The molecule has 0 atom stereocenters. The van der Waals surface area contributed by atoms with Crippen LogP contribution in [0.25, 0.3) is 0 Å². The van der Waals surface area contributed by atoms with Gasteiger partial charge in [-0.1, -0.05) is 0 Å². The monoisotopic (exact) mass is 278 g/mol. The van der Waals surface area contributed by atoms with E-state index in [1.165, 1.54) is 6.07 Å². The average molecular weight is 278 g/mol. The van der Waals surface area contributed by atoms with Crippen molar-refractivity contribution >= 4 is 34.0 Å². The molecule has 0 aliphatic rings. The minimum Gasteiger partial charge on any atom is -0.388 e. The molecule has 4 nitrogen and oxygen atoms in total. The molecular formula is C7H7IN2O2. The highest BCUT2D eigenvalue weighted by atomic mass is 127. The molecule has 0 aromatic heterocycles. The van der Waals surface area contributed by atoms with E-state index in [2.05, 4.69) is 5.32 Å². The van der Waals surface area contributed by atoms with Gasteiger partial charge in [-0.25, -0.2) is 0 Å². The zero-order valence-electron chi connectivity index (χ0n) is 6.37. The molecule has 64 valence electrons. The summed E-state index contributed by atoms with van der Waals surface area (Å²) in [6.07, 6.45) is 0. The maximum absolute atomic E-state index is 10.5. The van der Waals surface area contributed by atoms with Gasteiger partial charge in [0.25, 0.3) is 5.69 Å². The van der Waals surface area contributed by atoms with Gasteiger partial charge in [0, 0.05) is 18.8 Å². The number of nitro groups is 1. The van der Waals surface area contributed by atoms with Gasteiger partial charge in [0.1, 0.15) is 0 Å². The summed E-state index contributed by atoms with van der Waals surface area (Å²) >= 11 is 1.94. The quantitative estimate of drug-likeness (QED) is 0.512. The molecule has 0 bridgehead atoms. The van der Waals surface area contributed by atoms with Crippen molar-refractivity contribution in [1.29, 1.82) is 0 Å². The number of hydrogen-bond donors (Lipinski definition) is 1. The van der Waals surface area contributed by atoms with Crippen molar-refractivity contribution in [2.45, 2.75) is 0 Å². The molecule has 1 aromatic rings. The predicted molar refractivity (Wildman–Crippen MR) is 55.4 cm³/mol. The Morgan fingerprint density at radius 3 is 2.75 bits per heavy atom. The van der Waals surface area contributed by atoms with Gasteiger partial charge in [0.15, 0.2) is 0 Å². The lowest BCUT2D eigenvalue weighted by molar-refractivity contribution is -0.385. The fourth-order valence-corrected chi connectivity index (χ4v) is 1.34. The second-order valence-corrected chi connectivity index (χ2v) is 3.34. The molecule has 0 radical (unpaired) electrons. The van der Waals surface area contributed by atoms with Crippen molar-refractivity contribution in [1.82, 2.24) is 0 Å². The largest absolute Gasteiger partial charge is 0.388 e. The van der Waals surface area contributed by atoms with Crippen LogP contribution in [-0.2, 0) is 0 Å². The van der Waals surface area contributed by atoms with E-state index < -0.39 is 0 Å². The highest BCUT2D eigenvalue weighted by molar-refractivity contribution is 14.1. The van der Waals surface area contributed by atoms with Crippen LogP contribution in [0.1, 0.15) is 0 Å². The number of nitro benzene ring substituents is 1. The molecule has 1 aromatic carbocycles. The van der Waals surface area contributed by atoms with E-state index in [1.807, 2.05) is 22.6 Å². The molecule has 0 aliphatic carbocycles. The van der Waals surface area contributed by atoms with Crippen LogP contribution in [0.15, 0.2) is 18.2 Å². The van der Waals surface area contributed by atoms with Gasteiger partial charge >= 0.3 is 0 Å². The SMILES string of the molecule is CNc1ccc(I)c([N+](=O)[O-])c1. The number of benzene rings is 1. The zero-order valence-corrected chi connectivity index (χ0v) is 8.53. The maximum atomic E-state index is 10.5. The summed E-state index contributed by atoms with van der Waals surface area (Å²) in [6, 6.07) is 5.03. The van der Waals surface area contributed by atoms with E-state index in [9.17, 15) is 10.1 Å². The van der Waals surface area contributed by atoms with E-state index in [-0.39, 0.29) is 10.6 Å². The highest BCUT2D eigenvalue weighted by Gasteiger charge is 2.10. The van der Waals surface area contributed by atoms with Crippen LogP contribution in [0.2, 0.25) is 0 Å². The molecule has 0 saturated carbocycles. The van der Waals surface area contributed by atoms with Crippen molar-refractivity contribution in [3.8, 4) is 0 Å². The molecular weight excluding hydrogens is 271 g/mol. The topological polar surface area (TPSA) is 55.2 Å². The minimum absolute atomic E-state index is 0.141. The third-order valence-electron chi connectivity index (χ3n) is 1.43. The number of nitrogens with zero attached hydrogens (tertiary/aromatic N) is 1. The van der Waals surface area contributed by atoms with Crippen molar-refractivity contribution in [3.05, 3.63) is 31.9 Å². The van der Waals surface area contributed by atoms with E-state index in [0.717, 1.165) is 5.69 Å². The molecule has 0 fully saturated rings. The summed E-state index contributed by atoms with van der Waals surface area (Å²) in [7, 11) is 1.73. The van der Waals surface area contributed by atoms with Gasteiger partial charge in [-0.15, -0.1) is 0 Å². The van der Waals surface area contributed by atoms with Crippen molar-refractivity contribution in [2.75, 3.05) is 12.4 Å². The molecule has 0 spiro atoms. The van der Waals surface area contributed by atoms with E-state index in [4.69, 9.17) is 0 Å². The Labute approximate surface area is 83.3 Å². The first kappa shape index (κ1) is 9.24. The van der Waals surface area contributed by atoms with Crippen LogP contribution in [-0.4, -0.2) is 12.0 Å². The first-order valence-electron chi connectivity index (χ1n) is 3.27. The van der Waals surface area contributed by atoms with Crippen molar-refractivity contribution < 1.29 is 4.92 Å². The van der Waals surface area contributed by atoms with Gasteiger partial charge in [-0.2, -0.15) is 0 Å². The number of anilines is 1. The third kappa shape index (κ3) is 1.84. The van der Waals surface area contributed by atoms with Crippen LogP contribution >= 0.6 is 22.6 Å². The molecule has 0 aliphatic heterocycles. The minimum atomic E-state index is -0.386. The number of nitrogens with one attached hydrogen (secondary N) is 1. The molecule has 1 N–H and O–H groups in total. The van der Waals surface area contributed by atoms with Crippen molar-refractivity contribution in [2.24, 2.45) is 0 Å². The van der Waals surface area contributed by atoms with Gasteiger partial charge < -0.3 is 5.32 Å². The summed E-state index contributed by atoms with van der Waals surface area (Å²) in [4.78, 5) is 10.1. The summed E-state index contributed by atoms with van der Waals surface area (Å²) < 4.78 is 0.650. The second kappa shape index (κ2) is 3.70. The second-order valence-electron chi connectivity index (χ2n) is 2.17. The summed E-state index contributed by atoms with van der Waals surface area (Å²) in [5, 5.41) is 13.3. The van der Waals surface area contributed by atoms with Crippen LogP contribution in [0.5, 0.6) is 0 Å². The van der Waals surface area contributed by atoms with Crippen LogP contribution < -0.4 is 5.32 Å². The fraction of sp³-hybridized carbons (Fsp3) is 0.143. The normalized spacial score (nSPS) is 9.50. The molecule has 1 rings (SSSR count). The van der Waals surface area contributed by atoms with Gasteiger partial charge in [-0.3, -0.25) is 10.1 Å². The summed E-state index contributed by atoms with van der Waals surface area (Å²) in [5.74, 6) is 0. The Morgan fingerprint density at radius 1 is 1.58 bits per heavy atom. The summed E-state index contributed by atoms with van der Waals surface area (Å²) in [5.41, 5.74) is 0.893. The molecule has 0 saturated heterocycles. The Balaban J connectivity index is 3.17. The van der Waals surface area contributed by atoms with Crippen LogP contribution in [0.4, 0.5) is 11.4 Å². The lowest BCUT2D eigenvalue weighted by Crippen LogP contribution is -1.94. The van der Waals surface area contributed by atoms with E-state index in [0.29, 0.717) is 3.57 Å². The predicted octanol–water partition coefficient (Wildman–Crippen LogP) is 2.24. The highest BCUT2D eigenvalue weighted by Crippen LogP contribution is 2.23. The smallest absolute Gasteiger partial charge is 0.284 e. The number of rotatable bonds is 2. The van der Waals surface area contributed by atoms with Gasteiger partial charge in [-0.05, 0) is 34.7 Å². The average Bonchev–Trinajstić information content (AvgIpc) is 2.05. The Kier molecular flexibility index (Phi) is 2.85. The molecule has 0 amide bonds. The lowest BCUT2D eigenvalue weighted by atomic mass is 10.3. The zero-order chi connectivity index (χ0) is 9.14. The number of hydrogen-bond acceptors (Lipinski definition) is 3. The maximum Gasteiger partial charge on any atom is 0.284 e. The van der Waals surface area contributed by atoms with Gasteiger partial charge in [0.05, 0.1) is 8.49 Å². The summed E-state index contributed by atoms with van der Waals surface area (Å²) in [6.45, 7) is 0. The first-order chi connectivity index (χ1) is 5.65. The Bertz CT molecular complexity index is 314. The molecule has 0 heterocycles. The number of halogens is 1. The fourth-order valence-electron chi connectivity index (χ4n) is 0.808. The van der Waals surface area contributed by atoms with E-state index >= 15 is 0 Å². The molecule has 5 heteroatoms.